The van der Waals surface area contributed by atoms with Crippen LogP contribution in [0.15, 0.2) is 18.2 Å². The third-order valence-corrected chi connectivity index (χ3v) is 2.23. The number of amidine groups is 1. The molecule has 4 heteroatoms. The van der Waals surface area contributed by atoms with Crippen molar-refractivity contribution in [2.75, 3.05) is 7.11 Å². The van der Waals surface area contributed by atoms with Gasteiger partial charge in [0.25, 0.3) is 0 Å². The van der Waals surface area contributed by atoms with Gasteiger partial charge in [0.15, 0.2) is 0 Å². The lowest BCUT2D eigenvalue weighted by Crippen LogP contribution is -2.19. The van der Waals surface area contributed by atoms with Crippen LogP contribution >= 0.6 is 0 Å². The first-order valence-electron chi connectivity index (χ1n) is 5.49. The topological polar surface area (TPSA) is 68.3 Å². The molecule has 0 saturated carbocycles. The van der Waals surface area contributed by atoms with E-state index in [0.29, 0.717) is 17.9 Å². The molecule has 4 nitrogen and oxygen atoms in total. The van der Waals surface area contributed by atoms with Crippen molar-refractivity contribution in [1.29, 1.82) is 5.41 Å². The number of hydrogen-bond acceptors (Lipinski definition) is 3. The summed E-state index contributed by atoms with van der Waals surface area (Å²) in [6.45, 7) is 6.54. The Morgan fingerprint density at radius 2 is 2.00 bits per heavy atom. The van der Waals surface area contributed by atoms with Crippen molar-refractivity contribution in [3.8, 4) is 5.75 Å². The van der Waals surface area contributed by atoms with Crippen molar-refractivity contribution < 1.29 is 9.47 Å². The maximum absolute atomic E-state index is 7.42. The molecule has 0 amide bonds. The first-order chi connectivity index (χ1) is 7.83. The second kappa shape index (κ2) is 5.19. The van der Waals surface area contributed by atoms with Crippen LogP contribution < -0.4 is 10.5 Å². The fraction of sp³-hybridized carbons (Fsp3) is 0.462. The lowest BCUT2D eigenvalue weighted by molar-refractivity contribution is -0.0150. The Labute approximate surface area is 102 Å². The third kappa shape index (κ3) is 4.07. The van der Waals surface area contributed by atoms with E-state index in [0.717, 1.165) is 5.56 Å². The minimum Gasteiger partial charge on any atom is -0.496 e. The van der Waals surface area contributed by atoms with Gasteiger partial charge >= 0.3 is 0 Å². The quantitative estimate of drug-likeness (QED) is 0.622. The Kier molecular flexibility index (Phi) is 4.12. The van der Waals surface area contributed by atoms with Gasteiger partial charge in [-0.25, -0.2) is 0 Å². The summed E-state index contributed by atoms with van der Waals surface area (Å²) in [5.74, 6) is 0.609. The number of benzene rings is 1. The smallest absolute Gasteiger partial charge is 0.130 e. The summed E-state index contributed by atoms with van der Waals surface area (Å²) in [5, 5.41) is 7.42. The van der Waals surface area contributed by atoms with Crippen LogP contribution in [0.25, 0.3) is 0 Å². The van der Waals surface area contributed by atoms with Gasteiger partial charge in [0, 0.05) is 0 Å². The maximum atomic E-state index is 7.42. The minimum absolute atomic E-state index is 0.00476. The number of nitrogens with two attached hydrogens (primary N) is 1. The molecule has 1 aromatic carbocycles. The van der Waals surface area contributed by atoms with Crippen LogP contribution in [-0.2, 0) is 11.3 Å². The standard InChI is InChI=1S/C13H20N2O2/c1-13(2,3)17-8-9-5-6-10(12(14)15)11(7-9)16-4/h5-7H,8H2,1-4H3,(H3,14,15). The molecule has 0 fully saturated rings. The van der Waals surface area contributed by atoms with Crippen molar-refractivity contribution >= 4 is 5.84 Å². The largest absolute Gasteiger partial charge is 0.496 e. The van der Waals surface area contributed by atoms with E-state index in [9.17, 15) is 0 Å². The van der Waals surface area contributed by atoms with Gasteiger partial charge in [0.2, 0.25) is 0 Å². The molecular formula is C13H20N2O2. The number of hydrogen-bond donors (Lipinski definition) is 2. The molecule has 0 unspecified atom stereocenters. The summed E-state index contributed by atoms with van der Waals surface area (Å²) >= 11 is 0. The fourth-order valence-corrected chi connectivity index (χ4v) is 1.35. The first-order valence-corrected chi connectivity index (χ1v) is 5.49. The lowest BCUT2D eigenvalue weighted by Gasteiger charge is -2.20. The second-order valence-electron chi connectivity index (χ2n) is 4.85. The monoisotopic (exact) mass is 236 g/mol. The van der Waals surface area contributed by atoms with Crippen LogP contribution in [0.4, 0.5) is 0 Å². The normalized spacial score (nSPS) is 11.3. The maximum Gasteiger partial charge on any atom is 0.130 e. The summed E-state index contributed by atoms with van der Waals surface area (Å²) in [6, 6.07) is 5.52. The third-order valence-electron chi connectivity index (χ3n) is 2.23. The van der Waals surface area contributed by atoms with Crippen molar-refractivity contribution in [2.24, 2.45) is 5.73 Å². The van der Waals surface area contributed by atoms with Gasteiger partial charge in [-0.05, 0) is 38.5 Å². The molecule has 0 heterocycles. The average Bonchev–Trinajstić information content (AvgIpc) is 2.24. The Balaban J connectivity index is 2.87. The van der Waals surface area contributed by atoms with E-state index in [2.05, 4.69) is 0 Å². The number of ether oxygens (including phenoxy) is 2. The van der Waals surface area contributed by atoms with Crippen LogP contribution in [0.3, 0.4) is 0 Å². The summed E-state index contributed by atoms with van der Waals surface area (Å²) in [5.41, 5.74) is 6.89. The van der Waals surface area contributed by atoms with Crippen molar-refractivity contribution in [3.63, 3.8) is 0 Å². The highest BCUT2D eigenvalue weighted by molar-refractivity contribution is 5.97. The molecule has 0 aliphatic heterocycles. The Morgan fingerprint density at radius 1 is 1.35 bits per heavy atom. The molecule has 0 aliphatic carbocycles. The van der Waals surface area contributed by atoms with Gasteiger partial charge in [-0.2, -0.15) is 0 Å². The SMILES string of the molecule is COc1cc(COC(C)(C)C)ccc1C(=N)N. The highest BCUT2D eigenvalue weighted by Gasteiger charge is 2.12. The average molecular weight is 236 g/mol. The van der Waals surface area contributed by atoms with Gasteiger partial charge in [-0.1, -0.05) is 6.07 Å². The van der Waals surface area contributed by atoms with Crippen LogP contribution in [-0.4, -0.2) is 18.5 Å². The summed E-state index contributed by atoms with van der Waals surface area (Å²) in [7, 11) is 1.57. The molecule has 17 heavy (non-hydrogen) atoms. The highest BCUT2D eigenvalue weighted by atomic mass is 16.5. The second-order valence-corrected chi connectivity index (χ2v) is 4.85. The van der Waals surface area contributed by atoms with E-state index in [-0.39, 0.29) is 11.4 Å². The number of nitrogen functional groups attached to an aromatic ring is 1. The first kappa shape index (κ1) is 13.5. The van der Waals surface area contributed by atoms with Gasteiger partial charge < -0.3 is 15.2 Å². The van der Waals surface area contributed by atoms with E-state index in [1.54, 1.807) is 13.2 Å². The summed E-state index contributed by atoms with van der Waals surface area (Å²) in [6.07, 6.45) is 0. The van der Waals surface area contributed by atoms with Crippen LogP contribution in [0, 0.1) is 5.41 Å². The molecular weight excluding hydrogens is 216 g/mol. The minimum atomic E-state index is -0.174. The van der Waals surface area contributed by atoms with E-state index in [1.165, 1.54) is 0 Å². The fourth-order valence-electron chi connectivity index (χ4n) is 1.35. The zero-order valence-corrected chi connectivity index (χ0v) is 10.8. The van der Waals surface area contributed by atoms with Gasteiger partial charge in [0.05, 0.1) is 24.9 Å². The van der Waals surface area contributed by atoms with E-state index in [4.69, 9.17) is 20.6 Å². The number of nitrogens with one attached hydrogen (secondary N) is 1. The molecule has 0 bridgehead atoms. The molecule has 94 valence electrons. The Morgan fingerprint density at radius 3 is 2.47 bits per heavy atom. The van der Waals surface area contributed by atoms with Gasteiger partial charge in [0.1, 0.15) is 11.6 Å². The summed E-state index contributed by atoms with van der Waals surface area (Å²) in [4.78, 5) is 0. The van der Waals surface area contributed by atoms with E-state index >= 15 is 0 Å². The van der Waals surface area contributed by atoms with Crippen LogP contribution in [0.5, 0.6) is 5.75 Å². The zero-order chi connectivity index (χ0) is 13.1. The molecule has 0 aliphatic rings. The molecule has 0 aromatic heterocycles. The lowest BCUT2D eigenvalue weighted by atomic mass is 10.1. The van der Waals surface area contributed by atoms with Crippen molar-refractivity contribution in [2.45, 2.75) is 33.0 Å². The van der Waals surface area contributed by atoms with Gasteiger partial charge in [-0.15, -0.1) is 0 Å². The van der Waals surface area contributed by atoms with Crippen LogP contribution in [0.1, 0.15) is 31.9 Å². The van der Waals surface area contributed by atoms with E-state index in [1.807, 2.05) is 32.9 Å². The Bertz CT molecular complexity index is 408. The van der Waals surface area contributed by atoms with Crippen molar-refractivity contribution in [3.05, 3.63) is 29.3 Å². The predicted molar refractivity (Wildman–Crippen MR) is 68.6 cm³/mol. The molecule has 0 radical (unpaired) electrons. The summed E-state index contributed by atoms with van der Waals surface area (Å²) < 4.78 is 10.9. The number of methoxy groups -OCH3 is 1. The predicted octanol–water partition coefficient (Wildman–Crippen LogP) is 2.29. The molecule has 1 rings (SSSR count). The van der Waals surface area contributed by atoms with Gasteiger partial charge in [-0.3, -0.25) is 5.41 Å². The molecule has 3 N–H and O–H groups in total. The molecule has 0 saturated heterocycles. The molecule has 0 spiro atoms. The highest BCUT2D eigenvalue weighted by Crippen LogP contribution is 2.21. The van der Waals surface area contributed by atoms with E-state index < -0.39 is 0 Å². The Hall–Kier alpha value is -1.55. The number of rotatable bonds is 4. The van der Waals surface area contributed by atoms with Crippen molar-refractivity contribution in [1.82, 2.24) is 0 Å². The van der Waals surface area contributed by atoms with Crippen LogP contribution in [0.2, 0.25) is 0 Å². The molecule has 1 aromatic rings. The molecule has 0 atom stereocenters. The zero-order valence-electron chi connectivity index (χ0n) is 10.8.